The molecule has 7 nitrogen and oxygen atoms in total. The zero-order chi connectivity index (χ0) is 18.3. The Morgan fingerprint density at radius 3 is 2.38 bits per heavy atom. The maximum Gasteiger partial charge on any atom is 0.227 e. The SMILES string of the molecule is CC(C)(C)c1cc(NC2COC2)nc(N2CCN(C(=O)C3CC3)CC2)n1. The van der Waals surface area contributed by atoms with Crippen molar-refractivity contribution in [3.63, 3.8) is 0 Å². The summed E-state index contributed by atoms with van der Waals surface area (Å²) in [7, 11) is 0. The highest BCUT2D eigenvalue weighted by Gasteiger charge is 2.35. The summed E-state index contributed by atoms with van der Waals surface area (Å²) < 4.78 is 5.26. The van der Waals surface area contributed by atoms with Crippen LogP contribution in [0.3, 0.4) is 0 Å². The maximum absolute atomic E-state index is 12.3. The minimum atomic E-state index is -0.0476. The quantitative estimate of drug-likeness (QED) is 0.881. The van der Waals surface area contributed by atoms with E-state index in [2.05, 4.69) is 37.1 Å². The average Bonchev–Trinajstić information content (AvgIpc) is 3.42. The second-order valence-corrected chi connectivity index (χ2v) is 8.65. The van der Waals surface area contributed by atoms with Crippen molar-refractivity contribution in [3.05, 3.63) is 11.8 Å². The zero-order valence-corrected chi connectivity index (χ0v) is 16.0. The molecule has 26 heavy (non-hydrogen) atoms. The molecule has 1 saturated carbocycles. The summed E-state index contributed by atoms with van der Waals surface area (Å²) in [6.45, 7) is 11.1. The van der Waals surface area contributed by atoms with Crippen molar-refractivity contribution in [1.29, 1.82) is 0 Å². The van der Waals surface area contributed by atoms with Gasteiger partial charge in [0, 0.05) is 43.6 Å². The fourth-order valence-corrected chi connectivity index (χ4v) is 3.28. The van der Waals surface area contributed by atoms with Crippen LogP contribution in [-0.4, -0.2) is 66.2 Å². The van der Waals surface area contributed by atoms with E-state index < -0.39 is 0 Å². The van der Waals surface area contributed by atoms with Gasteiger partial charge in [-0.05, 0) is 12.8 Å². The van der Waals surface area contributed by atoms with Gasteiger partial charge in [-0.1, -0.05) is 20.8 Å². The first-order valence-electron chi connectivity index (χ1n) is 9.68. The molecule has 0 bridgehead atoms. The Morgan fingerprint density at radius 1 is 1.15 bits per heavy atom. The van der Waals surface area contributed by atoms with Crippen LogP contribution in [-0.2, 0) is 14.9 Å². The standard InChI is InChI=1S/C19H29N5O2/c1-19(2,3)15-10-16(20-14-11-26-12-14)22-18(21-15)24-8-6-23(7-9-24)17(25)13-4-5-13/h10,13-14H,4-9,11-12H2,1-3H3,(H,20,21,22). The van der Waals surface area contributed by atoms with Gasteiger partial charge in [-0.15, -0.1) is 0 Å². The van der Waals surface area contributed by atoms with Crippen molar-refractivity contribution in [2.75, 3.05) is 49.6 Å². The van der Waals surface area contributed by atoms with Crippen LogP contribution >= 0.6 is 0 Å². The van der Waals surface area contributed by atoms with Gasteiger partial charge in [-0.3, -0.25) is 4.79 Å². The average molecular weight is 359 g/mol. The van der Waals surface area contributed by atoms with Crippen molar-refractivity contribution in [2.24, 2.45) is 5.92 Å². The molecule has 0 radical (unpaired) electrons. The Balaban J connectivity index is 1.49. The number of nitrogens with zero attached hydrogens (tertiary/aromatic N) is 4. The Bertz CT molecular complexity index is 671. The van der Waals surface area contributed by atoms with Crippen LogP contribution in [0.2, 0.25) is 0 Å². The molecule has 4 rings (SSSR count). The lowest BCUT2D eigenvalue weighted by atomic mass is 9.92. The number of nitrogens with one attached hydrogen (secondary N) is 1. The topological polar surface area (TPSA) is 70.6 Å². The number of amides is 1. The minimum absolute atomic E-state index is 0.0476. The van der Waals surface area contributed by atoms with Gasteiger partial charge in [-0.2, -0.15) is 4.98 Å². The molecule has 1 aromatic rings. The van der Waals surface area contributed by atoms with Crippen molar-refractivity contribution in [3.8, 4) is 0 Å². The van der Waals surface area contributed by atoms with Gasteiger partial charge >= 0.3 is 0 Å². The summed E-state index contributed by atoms with van der Waals surface area (Å²) in [4.78, 5) is 26.1. The van der Waals surface area contributed by atoms with Crippen LogP contribution in [0.5, 0.6) is 0 Å². The monoisotopic (exact) mass is 359 g/mol. The third-order valence-electron chi connectivity index (χ3n) is 5.27. The largest absolute Gasteiger partial charge is 0.377 e. The number of carbonyl (C=O) groups is 1. The van der Waals surface area contributed by atoms with E-state index in [0.717, 1.165) is 69.7 Å². The normalized spacial score (nSPS) is 21.5. The maximum atomic E-state index is 12.3. The number of rotatable bonds is 4. The first kappa shape index (κ1) is 17.5. The third kappa shape index (κ3) is 3.77. The molecule has 1 aliphatic carbocycles. The van der Waals surface area contributed by atoms with E-state index in [1.54, 1.807) is 0 Å². The third-order valence-corrected chi connectivity index (χ3v) is 5.27. The Labute approximate surface area is 155 Å². The van der Waals surface area contributed by atoms with Gasteiger partial charge in [0.1, 0.15) is 5.82 Å². The molecule has 0 spiro atoms. The molecule has 1 N–H and O–H groups in total. The lowest BCUT2D eigenvalue weighted by Crippen LogP contribution is -2.50. The molecule has 2 aliphatic heterocycles. The van der Waals surface area contributed by atoms with Crippen molar-refractivity contribution >= 4 is 17.7 Å². The molecule has 2 saturated heterocycles. The molecular weight excluding hydrogens is 330 g/mol. The molecule has 1 amide bonds. The van der Waals surface area contributed by atoms with Crippen LogP contribution in [0.15, 0.2) is 6.07 Å². The van der Waals surface area contributed by atoms with E-state index in [9.17, 15) is 4.79 Å². The van der Waals surface area contributed by atoms with Crippen LogP contribution in [0.1, 0.15) is 39.3 Å². The summed E-state index contributed by atoms with van der Waals surface area (Å²) >= 11 is 0. The Morgan fingerprint density at radius 2 is 1.85 bits per heavy atom. The predicted octanol–water partition coefficient (Wildman–Crippen LogP) is 1.64. The van der Waals surface area contributed by atoms with Gasteiger partial charge in [-0.25, -0.2) is 4.98 Å². The summed E-state index contributed by atoms with van der Waals surface area (Å²) in [5, 5.41) is 3.45. The lowest BCUT2D eigenvalue weighted by Gasteiger charge is -2.36. The lowest BCUT2D eigenvalue weighted by molar-refractivity contribution is -0.132. The van der Waals surface area contributed by atoms with Crippen LogP contribution in [0.25, 0.3) is 0 Å². The van der Waals surface area contributed by atoms with Gasteiger partial charge in [0.2, 0.25) is 11.9 Å². The summed E-state index contributed by atoms with van der Waals surface area (Å²) in [6.07, 6.45) is 2.13. The van der Waals surface area contributed by atoms with E-state index in [1.165, 1.54) is 0 Å². The van der Waals surface area contributed by atoms with Crippen molar-refractivity contribution in [2.45, 2.75) is 45.1 Å². The zero-order valence-electron chi connectivity index (χ0n) is 16.0. The van der Waals surface area contributed by atoms with Gasteiger partial charge in [0.15, 0.2) is 0 Å². The molecule has 0 atom stereocenters. The van der Waals surface area contributed by atoms with Gasteiger partial charge in [0.05, 0.1) is 24.9 Å². The Kier molecular flexibility index (Phi) is 4.50. The molecule has 3 heterocycles. The van der Waals surface area contributed by atoms with Crippen molar-refractivity contribution < 1.29 is 9.53 Å². The second-order valence-electron chi connectivity index (χ2n) is 8.65. The summed E-state index contributed by atoms with van der Waals surface area (Å²) in [6, 6.07) is 2.38. The predicted molar refractivity (Wildman–Crippen MR) is 100 cm³/mol. The number of anilines is 2. The van der Waals surface area contributed by atoms with E-state index >= 15 is 0 Å². The first-order chi connectivity index (χ1) is 12.4. The fourth-order valence-electron chi connectivity index (χ4n) is 3.28. The Hall–Kier alpha value is -1.89. The van der Waals surface area contributed by atoms with Gasteiger partial charge in [0.25, 0.3) is 0 Å². The summed E-state index contributed by atoms with van der Waals surface area (Å²) in [5.41, 5.74) is 0.982. The van der Waals surface area contributed by atoms with Crippen molar-refractivity contribution in [1.82, 2.24) is 14.9 Å². The molecule has 7 heteroatoms. The molecule has 0 aromatic carbocycles. The highest BCUT2D eigenvalue weighted by atomic mass is 16.5. The first-order valence-corrected chi connectivity index (χ1v) is 9.68. The number of aromatic nitrogens is 2. The highest BCUT2D eigenvalue weighted by Crippen LogP contribution is 2.31. The van der Waals surface area contributed by atoms with Crippen LogP contribution < -0.4 is 10.2 Å². The van der Waals surface area contributed by atoms with E-state index in [-0.39, 0.29) is 5.41 Å². The molecular formula is C19H29N5O2. The number of hydrogen-bond acceptors (Lipinski definition) is 6. The molecule has 1 aromatic heterocycles. The highest BCUT2D eigenvalue weighted by molar-refractivity contribution is 5.81. The summed E-state index contributed by atoms with van der Waals surface area (Å²) in [5.74, 6) is 2.26. The number of carbonyl (C=O) groups excluding carboxylic acids is 1. The van der Waals surface area contributed by atoms with Crippen LogP contribution in [0.4, 0.5) is 11.8 Å². The van der Waals surface area contributed by atoms with Gasteiger partial charge < -0.3 is 19.9 Å². The van der Waals surface area contributed by atoms with E-state index in [4.69, 9.17) is 14.7 Å². The molecule has 3 aliphatic rings. The molecule has 142 valence electrons. The number of ether oxygens (including phenoxy) is 1. The fraction of sp³-hybridized carbons (Fsp3) is 0.737. The molecule has 0 unspecified atom stereocenters. The molecule has 3 fully saturated rings. The smallest absolute Gasteiger partial charge is 0.227 e. The number of hydrogen-bond donors (Lipinski definition) is 1. The van der Waals surface area contributed by atoms with E-state index in [0.29, 0.717) is 17.9 Å². The van der Waals surface area contributed by atoms with Crippen LogP contribution in [0, 0.1) is 5.92 Å². The van der Waals surface area contributed by atoms with E-state index in [1.807, 2.05) is 4.90 Å². The minimum Gasteiger partial charge on any atom is -0.377 e. The number of piperazine rings is 1. The second kappa shape index (κ2) is 6.68.